The van der Waals surface area contributed by atoms with Gasteiger partial charge in [0.1, 0.15) is 0 Å². The first-order valence-corrected chi connectivity index (χ1v) is 7.96. The lowest BCUT2D eigenvalue weighted by molar-refractivity contribution is -0.388. The highest BCUT2D eigenvalue weighted by Gasteiger charge is 2.18. The molecule has 0 aliphatic carbocycles. The summed E-state index contributed by atoms with van der Waals surface area (Å²) in [6.07, 6.45) is 1.53. The van der Waals surface area contributed by atoms with E-state index in [1.165, 1.54) is 23.9 Å². The summed E-state index contributed by atoms with van der Waals surface area (Å²) >= 11 is 1.22. The van der Waals surface area contributed by atoms with Gasteiger partial charge in [0.2, 0.25) is 0 Å². The average molecular weight is 291 g/mol. The Kier molecular flexibility index (Phi) is 5.12. The van der Waals surface area contributed by atoms with Gasteiger partial charge in [0.15, 0.2) is 9.84 Å². The largest absolute Gasteiger partial charge is 0.396 e. The summed E-state index contributed by atoms with van der Waals surface area (Å²) in [7, 11) is -3.45. The van der Waals surface area contributed by atoms with Gasteiger partial charge in [-0.1, -0.05) is 0 Å². The summed E-state index contributed by atoms with van der Waals surface area (Å²) in [5, 5.41) is 19.5. The zero-order valence-corrected chi connectivity index (χ0v) is 11.3. The topological polar surface area (TPSA) is 97.5 Å². The first kappa shape index (κ1) is 14.9. The molecule has 0 spiro atoms. The van der Waals surface area contributed by atoms with Crippen molar-refractivity contribution in [3.63, 3.8) is 0 Å². The second-order valence-corrected chi connectivity index (χ2v) is 6.74. The molecule has 0 atom stereocenters. The number of benzene rings is 1. The Hall–Kier alpha value is -1.12. The molecule has 0 saturated heterocycles. The zero-order valence-electron chi connectivity index (χ0n) is 9.70. The van der Waals surface area contributed by atoms with Crippen molar-refractivity contribution in [2.75, 3.05) is 18.6 Å². The standard InChI is InChI=1S/C10H13NO5S2/c1-18(15,16)8-3-4-10(17-6-2-5-12)9(7-8)11(13)14/h3-4,7,12H,2,5-6H2,1H3. The molecule has 100 valence electrons. The molecule has 0 heterocycles. The minimum Gasteiger partial charge on any atom is -0.396 e. The molecule has 18 heavy (non-hydrogen) atoms. The fraction of sp³-hybridized carbons (Fsp3) is 0.400. The molecule has 0 unspecified atom stereocenters. The summed E-state index contributed by atoms with van der Waals surface area (Å²) in [6, 6.07) is 3.84. The van der Waals surface area contributed by atoms with Gasteiger partial charge >= 0.3 is 0 Å². The number of hydrogen-bond acceptors (Lipinski definition) is 6. The number of nitro groups is 1. The van der Waals surface area contributed by atoms with Crippen molar-refractivity contribution >= 4 is 27.3 Å². The molecule has 0 saturated carbocycles. The van der Waals surface area contributed by atoms with Gasteiger partial charge in [0.05, 0.1) is 14.7 Å². The van der Waals surface area contributed by atoms with Gasteiger partial charge in [-0.15, -0.1) is 11.8 Å². The van der Waals surface area contributed by atoms with Gasteiger partial charge in [0.25, 0.3) is 5.69 Å². The number of aliphatic hydroxyl groups is 1. The van der Waals surface area contributed by atoms with E-state index >= 15 is 0 Å². The van der Waals surface area contributed by atoms with E-state index in [1.807, 2.05) is 0 Å². The normalized spacial score (nSPS) is 11.4. The van der Waals surface area contributed by atoms with E-state index in [4.69, 9.17) is 5.11 Å². The van der Waals surface area contributed by atoms with Crippen molar-refractivity contribution in [2.24, 2.45) is 0 Å². The quantitative estimate of drug-likeness (QED) is 0.369. The van der Waals surface area contributed by atoms with Gasteiger partial charge in [-0.3, -0.25) is 10.1 Å². The Bertz CT molecular complexity index is 541. The molecule has 0 radical (unpaired) electrons. The molecular weight excluding hydrogens is 278 g/mol. The summed E-state index contributed by atoms with van der Waals surface area (Å²) in [6.45, 7) is 0.0161. The van der Waals surface area contributed by atoms with Crippen LogP contribution < -0.4 is 0 Å². The molecule has 1 N–H and O–H groups in total. The number of nitro benzene ring substituents is 1. The highest BCUT2D eigenvalue weighted by Crippen LogP contribution is 2.31. The number of nitrogens with zero attached hydrogens (tertiary/aromatic N) is 1. The van der Waals surface area contributed by atoms with E-state index < -0.39 is 14.8 Å². The SMILES string of the molecule is CS(=O)(=O)c1ccc(SCCCO)c([N+](=O)[O-])c1. The Morgan fingerprint density at radius 2 is 2.11 bits per heavy atom. The molecule has 1 aromatic carbocycles. The highest BCUT2D eigenvalue weighted by atomic mass is 32.2. The Morgan fingerprint density at radius 3 is 2.61 bits per heavy atom. The zero-order chi connectivity index (χ0) is 13.8. The lowest BCUT2D eigenvalue weighted by atomic mass is 10.3. The molecule has 1 aromatic rings. The third kappa shape index (κ3) is 3.97. The molecule has 0 aromatic heterocycles. The number of thioether (sulfide) groups is 1. The van der Waals surface area contributed by atoms with Crippen LogP contribution in [-0.4, -0.2) is 37.1 Å². The van der Waals surface area contributed by atoms with Crippen LogP contribution >= 0.6 is 11.8 Å². The maximum atomic E-state index is 11.3. The van der Waals surface area contributed by atoms with E-state index in [0.29, 0.717) is 17.1 Å². The van der Waals surface area contributed by atoms with Crippen molar-refractivity contribution < 1.29 is 18.4 Å². The maximum absolute atomic E-state index is 11.3. The van der Waals surface area contributed by atoms with E-state index in [1.54, 1.807) is 0 Å². The van der Waals surface area contributed by atoms with E-state index in [2.05, 4.69) is 0 Å². The van der Waals surface area contributed by atoms with Crippen molar-refractivity contribution in [1.29, 1.82) is 0 Å². The summed E-state index contributed by atoms with van der Waals surface area (Å²) < 4.78 is 22.6. The minimum atomic E-state index is -3.45. The Labute approximate surface area is 109 Å². The third-order valence-corrected chi connectivity index (χ3v) is 4.37. The lowest BCUT2D eigenvalue weighted by Gasteiger charge is -2.04. The monoisotopic (exact) mass is 291 g/mol. The number of aliphatic hydroxyl groups excluding tert-OH is 1. The lowest BCUT2D eigenvalue weighted by Crippen LogP contribution is -2.00. The van der Waals surface area contributed by atoms with Crippen LogP contribution in [0.15, 0.2) is 28.0 Å². The molecule has 6 nitrogen and oxygen atoms in total. The number of sulfone groups is 1. The van der Waals surface area contributed by atoms with Gasteiger partial charge in [0, 0.05) is 24.7 Å². The highest BCUT2D eigenvalue weighted by molar-refractivity contribution is 7.99. The van der Waals surface area contributed by atoms with Crippen LogP contribution in [0.3, 0.4) is 0 Å². The van der Waals surface area contributed by atoms with Crippen LogP contribution in [0.25, 0.3) is 0 Å². The van der Waals surface area contributed by atoms with Crippen LogP contribution in [0.5, 0.6) is 0 Å². The summed E-state index contributed by atoms with van der Waals surface area (Å²) in [5.41, 5.74) is -0.221. The summed E-state index contributed by atoms with van der Waals surface area (Å²) in [5.74, 6) is 0.537. The molecule has 0 fully saturated rings. The van der Waals surface area contributed by atoms with E-state index in [0.717, 1.165) is 12.3 Å². The molecular formula is C10H13NO5S2. The van der Waals surface area contributed by atoms with Crippen LogP contribution in [0.2, 0.25) is 0 Å². The third-order valence-electron chi connectivity index (χ3n) is 2.12. The Morgan fingerprint density at radius 1 is 1.44 bits per heavy atom. The fourth-order valence-electron chi connectivity index (χ4n) is 1.24. The van der Waals surface area contributed by atoms with Crippen LogP contribution in [-0.2, 0) is 9.84 Å². The van der Waals surface area contributed by atoms with E-state index in [9.17, 15) is 18.5 Å². The van der Waals surface area contributed by atoms with Crippen LogP contribution in [0.1, 0.15) is 6.42 Å². The van der Waals surface area contributed by atoms with Crippen molar-refractivity contribution in [1.82, 2.24) is 0 Å². The molecule has 0 bridgehead atoms. The Balaban J connectivity index is 3.09. The van der Waals surface area contributed by atoms with Crippen LogP contribution in [0, 0.1) is 10.1 Å². The smallest absolute Gasteiger partial charge is 0.284 e. The first-order valence-electron chi connectivity index (χ1n) is 5.08. The molecule has 0 amide bonds. The second-order valence-electron chi connectivity index (χ2n) is 3.58. The van der Waals surface area contributed by atoms with Crippen molar-refractivity contribution in [3.8, 4) is 0 Å². The van der Waals surface area contributed by atoms with Crippen molar-refractivity contribution in [2.45, 2.75) is 16.2 Å². The summed E-state index contributed by atoms with van der Waals surface area (Å²) in [4.78, 5) is 10.6. The molecule has 8 heteroatoms. The number of hydrogen-bond donors (Lipinski definition) is 1. The molecule has 1 rings (SSSR count). The molecule has 0 aliphatic heterocycles. The first-order chi connectivity index (χ1) is 8.36. The predicted octanol–water partition coefficient (Wildman–Crippen LogP) is 1.47. The van der Waals surface area contributed by atoms with Crippen molar-refractivity contribution in [3.05, 3.63) is 28.3 Å². The predicted molar refractivity (Wildman–Crippen MR) is 68.6 cm³/mol. The molecule has 0 aliphatic rings. The van der Waals surface area contributed by atoms with Gasteiger partial charge < -0.3 is 5.11 Å². The van der Waals surface area contributed by atoms with Gasteiger partial charge in [-0.25, -0.2) is 8.42 Å². The number of rotatable bonds is 6. The van der Waals surface area contributed by atoms with Gasteiger partial charge in [-0.2, -0.15) is 0 Å². The second kappa shape index (κ2) is 6.17. The average Bonchev–Trinajstić information content (AvgIpc) is 2.28. The van der Waals surface area contributed by atoms with Gasteiger partial charge in [-0.05, 0) is 18.6 Å². The minimum absolute atomic E-state index is 0.0161. The maximum Gasteiger partial charge on any atom is 0.284 e. The van der Waals surface area contributed by atoms with E-state index in [-0.39, 0.29) is 17.2 Å². The fourth-order valence-corrected chi connectivity index (χ4v) is 2.82. The van der Waals surface area contributed by atoms with Crippen LogP contribution in [0.4, 0.5) is 5.69 Å².